The molecule has 2 amide bonds. The topological polar surface area (TPSA) is 58.2 Å². The first-order chi connectivity index (χ1) is 8.02. The molecule has 0 radical (unpaired) electrons. The molecule has 0 saturated heterocycles. The highest BCUT2D eigenvalue weighted by Crippen LogP contribution is 2.25. The quantitative estimate of drug-likeness (QED) is 0.868. The molecule has 0 aliphatic rings. The molecule has 4 nitrogen and oxygen atoms in total. The van der Waals surface area contributed by atoms with Crippen LogP contribution in [-0.2, 0) is 9.59 Å². The first-order valence-electron chi connectivity index (χ1n) is 5.40. The standard InChI is InChI=1S/C12H15ClN2O2/c1-3-4-12(17)15-9-5-6-10(13)11(7-9)14-8(2)16/h5-7H,3-4H2,1-2H3,(H,14,16)(H,15,17). The average Bonchev–Trinajstić information content (AvgIpc) is 2.22. The Morgan fingerprint density at radius 3 is 2.59 bits per heavy atom. The summed E-state index contributed by atoms with van der Waals surface area (Å²) < 4.78 is 0. The molecule has 0 heterocycles. The Labute approximate surface area is 105 Å². The second kappa shape index (κ2) is 6.25. The van der Waals surface area contributed by atoms with E-state index in [4.69, 9.17) is 11.6 Å². The Morgan fingerprint density at radius 1 is 1.29 bits per heavy atom. The van der Waals surface area contributed by atoms with Gasteiger partial charge >= 0.3 is 0 Å². The third-order valence-electron chi connectivity index (χ3n) is 2.04. The summed E-state index contributed by atoms with van der Waals surface area (Å²) in [7, 11) is 0. The lowest BCUT2D eigenvalue weighted by Gasteiger charge is -2.09. The number of halogens is 1. The van der Waals surface area contributed by atoms with Gasteiger partial charge in [0.2, 0.25) is 11.8 Å². The Hall–Kier alpha value is -1.55. The van der Waals surface area contributed by atoms with Gasteiger partial charge in [-0.1, -0.05) is 18.5 Å². The van der Waals surface area contributed by atoms with Crippen LogP contribution in [0.2, 0.25) is 5.02 Å². The Bertz CT molecular complexity index is 433. The van der Waals surface area contributed by atoms with Crippen LogP contribution in [0.15, 0.2) is 18.2 Å². The van der Waals surface area contributed by atoms with Gasteiger partial charge in [0, 0.05) is 19.0 Å². The molecule has 0 atom stereocenters. The predicted octanol–water partition coefficient (Wildman–Crippen LogP) is 3.04. The fourth-order valence-electron chi connectivity index (χ4n) is 1.34. The van der Waals surface area contributed by atoms with E-state index in [2.05, 4.69) is 10.6 Å². The van der Waals surface area contributed by atoms with Crippen LogP contribution in [0.25, 0.3) is 0 Å². The van der Waals surface area contributed by atoms with Crippen LogP contribution in [0.4, 0.5) is 11.4 Å². The van der Waals surface area contributed by atoms with Crippen molar-refractivity contribution >= 4 is 34.8 Å². The molecule has 0 saturated carbocycles. The molecule has 0 bridgehead atoms. The molecule has 1 aromatic rings. The minimum absolute atomic E-state index is 0.0522. The van der Waals surface area contributed by atoms with Gasteiger partial charge in [-0.2, -0.15) is 0 Å². The summed E-state index contributed by atoms with van der Waals surface area (Å²) in [5.74, 6) is -0.257. The van der Waals surface area contributed by atoms with E-state index in [1.165, 1.54) is 6.92 Å². The van der Waals surface area contributed by atoms with Crippen molar-refractivity contribution in [2.45, 2.75) is 26.7 Å². The van der Waals surface area contributed by atoms with Crippen LogP contribution in [0.1, 0.15) is 26.7 Å². The van der Waals surface area contributed by atoms with Gasteiger partial charge in [0.25, 0.3) is 0 Å². The zero-order valence-electron chi connectivity index (χ0n) is 9.84. The fraction of sp³-hybridized carbons (Fsp3) is 0.333. The molecule has 1 aromatic carbocycles. The molecule has 0 aliphatic carbocycles. The minimum Gasteiger partial charge on any atom is -0.326 e. The first-order valence-corrected chi connectivity index (χ1v) is 5.77. The van der Waals surface area contributed by atoms with Gasteiger partial charge in [-0.25, -0.2) is 0 Å². The van der Waals surface area contributed by atoms with E-state index in [0.29, 0.717) is 22.8 Å². The Balaban J connectivity index is 2.81. The van der Waals surface area contributed by atoms with E-state index in [-0.39, 0.29) is 11.8 Å². The second-order valence-corrected chi connectivity index (χ2v) is 4.08. The molecule has 0 aliphatic heterocycles. The zero-order valence-corrected chi connectivity index (χ0v) is 10.6. The van der Waals surface area contributed by atoms with Gasteiger partial charge in [0.1, 0.15) is 0 Å². The fourth-order valence-corrected chi connectivity index (χ4v) is 1.50. The molecular formula is C12H15ClN2O2. The van der Waals surface area contributed by atoms with Crippen molar-refractivity contribution in [3.63, 3.8) is 0 Å². The molecule has 92 valence electrons. The number of carbonyl (C=O) groups is 2. The first kappa shape index (κ1) is 13.5. The van der Waals surface area contributed by atoms with Crippen molar-refractivity contribution in [3.05, 3.63) is 23.2 Å². The Kier molecular flexibility index (Phi) is 4.97. The summed E-state index contributed by atoms with van der Waals surface area (Å²) in [5.41, 5.74) is 1.12. The molecule has 0 spiro atoms. The van der Waals surface area contributed by atoms with Crippen LogP contribution in [0, 0.1) is 0 Å². The third kappa shape index (κ3) is 4.44. The van der Waals surface area contributed by atoms with Crippen molar-refractivity contribution in [1.82, 2.24) is 0 Å². The molecule has 17 heavy (non-hydrogen) atoms. The van der Waals surface area contributed by atoms with E-state index in [9.17, 15) is 9.59 Å². The molecule has 1 rings (SSSR count). The lowest BCUT2D eigenvalue weighted by Crippen LogP contribution is -2.11. The highest BCUT2D eigenvalue weighted by atomic mass is 35.5. The van der Waals surface area contributed by atoms with Crippen LogP contribution in [0.3, 0.4) is 0 Å². The highest BCUT2D eigenvalue weighted by Gasteiger charge is 2.06. The summed E-state index contributed by atoms with van der Waals surface area (Å²) in [6, 6.07) is 4.97. The molecule has 0 unspecified atom stereocenters. The largest absolute Gasteiger partial charge is 0.326 e. The number of rotatable bonds is 4. The van der Waals surface area contributed by atoms with Gasteiger partial charge in [0.15, 0.2) is 0 Å². The van der Waals surface area contributed by atoms with Gasteiger partial charge in [0.05, 0.1) is 10.7 Å². The summed E-state index contributed by atoms with van der Waals surface area (Å²) in [6.45, 7) is 3.34. The van der Waals surface area contributed by atoms with Gasteiger partial charge in [-0.15, -0.1) is 0 Å². The maximum Gasteiger partial charge on any atom is 0.224 e. The van der Waals surface area contributed by atoms with Crippen LogP contribution in [0.5, 0.6) is 0 Å². The SMILES string of the molecule is CCCC(=O)Nc1ccc(Cl)c(NC(C)=O)c1. The van der Waals surface area contributed by atoms with E-state index in [1.807, 2.05) is 6.92 Å². The van der Waals surface area contributed by atoms with Crippen molar-refractivity contribution in [3.8, 4) is 0 Å². The molecule has 2 N–H and O–H groups in total. The smallest absolute Gasteiger partial charge is 0.224 e. The number of benzene rings is 1. The van der Waals surface area contributed by atoms with Crippen molar-refractivity contribution in [2.75, 3.05) is 10.6 Å². The number of carbonyl (C=O) groups excluding carboxylic acids is 2. The highest BCUT2D eigenvalue weighted by molar-refractivity contribution is 6.33. The van der Waals surface area contributed by atoms with Crippen molar-refractivity contribution in [2.24, 2.45) is 0 Å². The van der Waals surface area contributed by atoms with Gasteiger partial charge < -0.3 is 10.6 Å². The summed E-state index contributed by atoms with van der Waals surface area (Å²) in [4.78, 5) is 22.3. The number of anilines is 2. The molecule has 0 fully saturated rings. The van der Waals surface area contributed by atoms with Gasteiger partial charge in [-0.3, -0.25) is 9.59 Å². The second-order valence-electron chi connectivity index (χ2n) is 3.67. The monoisotopic (exact) mass is 254 g/mol. The van der Waals surface area contributed by atoms with Crippen LogP contribution < -0.4 is 10.6 Å². The molecular weight excluding hydrogens is 240 g/mol. The Morgan fingerprint density at radius 2 is 2.00 bits per heavy atom. The number of amides is 2. The molecule has 5 heteroatoms. The third-order valence-corrected chi connectivity index (χ3v) is 2.37. The van der Waals surface area contributed by atoms with Crippen molar-refractivity contribution in [1.29, 1.82) is 0 Å². The zero-order chi connectivity index (χ0) is 12.8. The van der Waals surface area contributed by atoms with Crippen molar-refractivity contribution < 1.29 is 9.59 Å². The molecule has 0 aromatic heterocycles. The maximum atomic E-state index is 11.4. The number of hydrogen-bond donors (Lipinski definition) is 2. The maximum absolute atomic E-state index is 11.4. The lowest BCUT2D eigenvalue weighted by molar-refractivity contribution is -0.116. The normalized spacial score (nSPS) is 9.82. The van der Waals surface area contributed by atoms with E-state index in [1.54, 1.807) is 18.2 Å². The summed E-state index contributed by atoms with van der Waals surface area (Å²) in [5, 5.41) is 5.77. The van der Waals surface area contributed by atoms with E-state index in [0.717, 1.165) is 6.42 Å². The van der Waals surface area contributed by atoms with Crippen LogP contribution in [-0.4, -0.2) is 11.8 Å². The average molecular weight is 255 g/mol. The van der Waals surface area contributed by atoms with Crippen LogP contribution >= 0.6 is 11.6 Å². The summed E-state index contributed by atoms with van der Waals surface area (Å²) >= 11 is 5.91. The minimum atomic E-state index is -0.205. The van der Waals surface area contributed by atoms with Gasteiger partial charge in [-0.05, 0) is 24.6 Å². The van der Waals surface area contributed by atoms with E-state index >= 15 is 0 Å². The lowest BCUT2D eigenvalue weighted by atomic mass is 10.2. The number of hydrogen-bond acceptors (Lipinski definition) is 2. The number of nitrogens with one attached hydrogen (secondary N) is 2. The van der Waals surface area contributed by atoms with E-state index < -0.39 is 0 Å². The predicted molar refractivity (Wildman–Crippen MR) is 69.3 cm³/mol. The summed E-state index contributed by atoms with van der Waals surface area (Å²) in [6.07, 6.45) is 1.26.